The van der Waals surface area contributed by atoms with Crippen LogP contribution >= 0.6 is 0 Å². The summed E-state index contributed by atoms with van der Waals surface area (Å²) < 4.78 is 0. The summed E-state index contributed by atoms with van der Waals surface area (Å²) in [5.74, 6) is 2.78. The van der Waals surface area contributed by atoms with E-state index in [4.69, 9.17) is 0 Å². The highest BCUT2D eigenvalue weighted by Crippen LogP contribution is 2.55. The van der Waals surface area contributed by atoms with Crippen molar-refractivity contribution in [1.82, 2.24) is 0 Å². The van der Waals surface area contributed by atoms with Crippen molar-refractivity contribution in [2.75, 3.05) is 13.2 Å². The van der Waals surface area contributed by atoms with Crippen molar-refractivity contribution in [3.05, 3.63) is 24.3 Å². The van der Waals surface area contributed by atoms with Crippen LogP contribution in [0.5, 0.6) is 0 Å². The molecule has 0 aliphatic heterocycles. The van der Waals surface area contributed by atoms with Gasteiger partial charge < -0.3 is 10.2 Å². The highest BCUT2D eigenvalue weighted by molar-refractivity contribution is 5.27. The van der Waals surface area contributed by atoms with Crippen molar-refractivity contribution >= 4 is 0 Å². The number of aliphatic hydroxyl groups is 2. The molecule has 2 heteroatoms. The van der Waals surface area contributed by atoms with Gasteiger partial charge in [-0.05, 0) is 35.5 Å². The van der Waals surface area contributed by atoms with Crippen molar-refractivity contribution in [3.8, 4) is 0 Å². The molecule has 14 heavy (non-hydrogen) atoms. The fourth-order valence-corrected chi connectivity index (χ4v) is 3.59. The molecule has 4 rings (SSSR count). The molecule has 2 nitrogen and oxygen atoms in total. The van der Waals surface area contributed by atoms with Crippen molar-refractivity contribution < 1.29 is 10.2 Å². The molecule has 0 spiro atoms. The maximum Gasteiger partial charge on any atom is 0.0468 e. The molecule has 4 aliphatic carbocycles. The van der Waals surface area contributed by atoms with Crippen LogP contribution in [-0.2, 0) is 0 Å². The molecule has 0 aromatic carbocycles. The second kappa shape index (κ2) is 2.94. The van der Waals surface area contributed by atoms with Gasteiger partial charge >= 0.3 is 0 Å². The van der Waals surface area contributed by atoms with E-state index in [1.54, 1.807) is 0 Å². The van der Waals surface area contributed by atoms with Gasteiger partial charge in [0.25, 0.3) is 0 Å². The molecule has 0 aromatic heterocycles. The van der Waals surface area contributed by atoms with Gasteiger partial charge in [0, 0.05) is 13.2 Å². The van der Waals surface area contributed by atoms with Crippen LogP contribution in [0.4, 0.5) is 0 Å². The first-order valence-electron chi connectivity index (χ1n) is 5.45. The zero-order valence-electron chi connectivity index (χ0n) is 8.08. The quantitative estimate of drug-likeness (QED) is 0.636. The van der Waals surface area contributed by atoms with E-state index in [2.05, 4.69) is 24.3 Å². The molecule has 0 heterocycles. The van der Waals surface area contributed by atoms with Gasteiger partial charge in [0.05, 0.1) is 0 Å². The van der Waals surface area contributed by atoms with Crippen LogP contribution in [-0.4, -0.2) is 23.4 Å². The molecule has 4 aliphatic rings. The summed E-state index contributed by atoms with van der Waals surface area (Å²) in [5, 5.41) is 18.7. The second-order valence-electron chi connectivity index (χ2n) is 4.77. The summed E-state index contributed by atoms with van der Waals surface area (Å²) in [4.78, 5) is 0. The summed E-state index contributed by atoms with van der Waals surface area (Å²) in [6, 6.07) is 0. The smallest absolute Gasteiger partial charge is 0.0468 e. The minimum Gasteiger partial charge on any atom is -0.396 e. The molecule has 1 saturated carbocycles. The Balaban J connectivity index is 1.96. The van der Waals surface area contributed by atoms with Gasteiger partial charge in [0.1, 0.15) is 0 Å². The first-order valence-corrected chi connectivity index (χ1v) is 5.45. The molecule has 2 N–H and O–H groups in total. The van der Waals surface area contributed by atoms with E-state index in [0.717, 1.165) is 0 Å². The Kier molecular flexibility index (Phi) is 1.83. The van der Waals surface area contributed by atoms with E-state index in [1.807, 2.05) is 0 Å². The summed E-state index contributed by atoms with van der Waals surface area (Å²) >= 11 is 0. The van der Waals surface area contributed by atoms with Crippen molar-refractivity contribution in [3.63, 3.8) is 0 Å². The molecule has 0 aromatic rings. The Labute approximate surface area is 83.9 Å². The number of allylic oxidation sites excluding steroid dienone is 4. The fraction of sp³-hybridized carbons (Fsp3) is 0.667. The third-order valence-electron chi connectivity index (χ3n) is 4.40. The Bertz CT molecular complexity index is 267. The van der Waals surface area contributed by atoms with Gasteiger partial charge in [0.2, 0.25) is 0 Å². The highest BCUT2D eigenvalue weighted by atomic mass is 16.3. The zero-order valence-corrected chi connectivity index (χ0v) is 8.08. The molecular formula is C12H16O2. The Morgan fingerprint density at radius 1 is 0.643 bits per heavy atom. The summed E-state index contributed by atoms with van der Waals surface area (Å²) in [6.45, 7) is 0.432. The minimum atomic E-state index is 0.216. The van der Waals surface area contributed by atoms with Crippen LogP contribution in [0.25, 0.3) is 0 Å². The average molecular weight is 192 g/mol. The number of hydrogen-bond acceptors (Lipinski definition) is 2. The van der Waals surface area contributed by atoms with Crippen LogP contribution in [0, 0.1) is 35.5 Å². The molecule has 6 atom stereocenters. The van der Waals surface area contributed by atoms with Crippen LogP contribution < -0.4 is 0 Å². The first-order chi connectivity index (χ1) is 6.86. The lowest BCUT2D eigenvalue weighted by molar-refractivity contribution is -0.0239. The lowest BCUT2D eigenvalue weighted by Gasteiger charge is -2.55. The zero-order chi connectivity index (χ0) is 9.71. The van der Waals surface area contributed by atoms with Crippen LogP contribution in [0.1, 0.15) is 0 Å². The number of hydrogen-bond donors (Lipinski definition) is 2. The van der Waals surface area contributed by atoms with E-state index in [0.29, 0.717) is 23.7 Å². The Morgan fingerprint density at radius 2 is 1.00 bits per heavy atom. The molecule has 1 fully saturated rings. The predicted molar refractivity (Wildman–Crippen MR) is 53.4 cm³/mol. The van der Waals surface area contributed by atoms with Gasteiger partial charge in [-0.25, -0.2) is 0 Å². The lowest BCUT2D eigenvalue weighted by Crippen LogP contribution is -2.52. The second-order valence-corrected chi connectivity index (χ2v) is 4.77. The van der Waals surface area contributed by atoms with Crippen LogP contribution in [0.15, 0.2) is 24.3 Å². The largest absolute Gasteiger partial charge is 0.396 e. The van der Waals surface area contributed by atoms with E-state index < -0.39 is 0 Å². The van der Waals surface area contributed by atoms with Gasteiger partial charge in [0.15, 0.2) is 0 Å². The SMILES string of the molecule is OC[C@@H]1[C@H]2C=C[C@@H]([C@@H]3C=C[C@H]32)[C@@H]1CO. The molecule has 0 radical (unpaired) electrons. The summed E-state index contributed by atoms with van der Waals surface area (Å²) in [6.07, 6.45) is 9.04. The van der Waals surface area contributed by atoms with Gasteiger partial charge in [-0.2, -0.15) is 0 Å². The highest BCUT2D eigenvalue weighted by Gasteiger charge is 2.51. The number of fused-ring (bicyclic) bond motifs is 1. The summed E-state index contributed by atoms with van der Waals surface area (Å²) in [5.41, 5.74) is 0. The maximum atomic E-state index is 9.37. The van der Waals surface area contributed by atoms with Crippen LogP contribution in [0.3, 0.4) is 0 Å². The van der Waals surface area contributed by atoms with Gasteiger partial charge in [-0.15, -0.1) is 0 Å². The number of rotatable bonds is 2. The van der Waals surface area contributed by atoms with Crippen molar-refractivity contribution in [2.45, 2.75) is 0 Å². The molecule has 0 amide bonds. The molecule has 76 valence electrons. The van der Waals surface area contributed by atoms with E-state index >= 15 is 0 Å². The standard InChI is InChI=1S/C12H16O2/c13-5-11-9-3-4-10(12(11)6-14)8-2-1-7(8)9/h1-4,7-14H,5-6H2/t7-,8-,9+,10+,11-,12+/m1/s1. The molecule has 0 saturated heterocycles. The van der Waals surface area contributed by atoms with E-state index in [9.17, 15) is 10.2 Å². The monoisotopic (exact) mass is 192 g/mol. The third kappa shape index (κ3) is 0.882. The Hall–Kier alpha value is -0.600. The summed E-state index contributed by atoms with van der Waals surface area (Å²) in [7, 11) is 0. The predicted octanol–water partition coefficient (Wildman–Crippen LogP) is 0.821. The fourth-order valence-electron chi connectivity index (χ4n) is 3.59. The third-order valence-corrected chi connectivity index (χ3v) is 4.40. The van der Waals surface area contributed by atoms with Gasteiger partial charge in [-0.1, -0.05) is 24.3 Å². The Morgan fingerprint density at radius 3 is 1.29 bits per heavy atom. The van der Waals surface area contributed by atoms with Gasteiger partial charge in [-0.3, -0.25) is 0 Å². The normalized spacial score (nSPS) is 53.0. The molecule has 2 bridgehead atoms. The van der Waals surface area contributed by atoms with Crippen LogP contribution in [0.2, 0.25) is 0 Å². The minimum absolute atomic E-state index is 0.216. The van der Waals surface area contributed by atoms with E-state index in [1.165, 1.54) is 0 Å². The van der Waals surface area contributed by atoms with E-state index in [-0.39, 0.29) is 25.0 Å². The topological polar surface area (TPSA) is 40.5 Å². The first kappa shape index (κ1) is 8.69. The van der Waals surface area contributed by atoms with Crippen molar-refractivity contribution in [2.24, 2.45) is 35.5 Å². The molecular weight excluding hydrogens is 176 g/mol. The molecule has 0 unspecified atom stereocenters. The number of aliphatic hydroxyl groups excluding tert-OH is 2. The van der Waals surface area contributed by atoms with Crippen molar-refractivity contribution in [1.29, 1.82) is 0 Å². The maximum absolute atomic E-state index is 9.37. The average Bonchev–Trinajstić information content (AvgIpc) is 2.16. The lowest BCUT2D eigenvalue weighted by atomic mass is 9.50.